The van der Waals surface area contributed by atoms with E-state index in [-0.39, 0.29) is 5.91 Å². The number of pyridine rings is 1. The van der Waals surface area contributed by atoms with Crippen LogP contribution in [0.2, 0.25) is 0 Å². The molecule has 1 aliphatic rings. The molecule has 1 atom stereocenters. The average Bonchev–Trinajstić information content (AvgIpc) is 3.28. The maximum Gasteiger partial charge on any atom is 0.255 e. The molecule has 2 N–H and O–H groups in total. The van der Waals surface area contributed by atoms with E-state index in [9.17, 15) is 4.79 Å². The number of hydrogen-bond donors (Lipinski definition) is 2. The molecule has 1 unspecified atom stereocenters. The molecule has 0 saturated heterocycles. The number of nitrogens with one attached hydrogen (secondary N) is 2. The van der Waals surface area contributed by atoms with Crippen molar-refractivity contribution in [2.75, 3.05) is 17.7 Å². The third-order valence-corrected chi connectivity index (χ3v) is 5.48. The lowest BCUT2D eigenvalue weighted by molar-refractivity contribution is -0.113. The van der Waals surface area contributed by atoms with Crippen LogP contribution >= 0.6 is 0 Å². The quantitative estimate of drug-likeness (QED) is 0.483. The highest BCUT2D eigenvalue weighted by atomic mass is 16.5. The number of benzene rings is 2. The Labute approximate surface area is 191 Å². The zero-order chi connectivity index (χ0) is 22.8. The number of methoxy groups -OCH3 is 1. The molecule has 0 spiro atoms. The molecule has 2 aromatic heterocycles. The SMILES string of the molecule is COc1ccccc1C1C(C(=O)Nc2ccccc2)=C(C)Nc2nc(-c3cccnc3)nn21. The van der Waals surface area contributed by atoms with Gasteiger partial charge >= 0.3 is 0 Å². The number of carbonyl (C=O) groups excluding carboxylic acids is 1. The number of carbonyl (C=O) groups is 1. The van der Waals surface area contributed by atoms with Gasteiger partial charge in [-0.1, -0.05) is 36.4 Å². The molecule has 0 bridgehead atoms. The Morgan fingerprint density at radius 1 is 1.06 bits per heavy atom. The van der Waals surface area contributed by atoms with Crippen molar-refractivity contribution >= 4 is 17.5 Å². The Kier molecular flexibility index (Phi) is 5.32. The molecule has 0 aliphatic carbocycles. The summed E-state index contributed by atoms with van der Waals surface area (Å²) in [5.41, 5.74) is 3.52. The molecule has 8 heteroatoms. The molecular formula is C25H22N6O2. The summed E-state index contributed by atoms with van der Waals surface area (Å²) in [4.78, 5) is 22.4. The standard InChI is InChI=1S/C25H22N6O2/c1-16-21(24(32)28-18-10-4-3-5-11-18)22(19-12-6-7-13-20(19)33-2)31-25(27-16)29-23(30-31)17-9-8-14-26-15-17/h3-15,22H,1-2H3,(H,28,32)(H,27,29,30). The fraction of sp³-hybridized carbons (Fsp3) is 0.120. The summed E-state index contributed by atoms with van der Waals surface area (Å²) in [6.07, 6.45) is 3.41. The maximum atomic E-state index is 13.5. The second kappa shape index (κ2) is 8.58. The van der Waals surface area contributed by atoms with Crippen molar-refractivity contribution in [3.05, 3.63) is 96.0 Å². The summed E-state index contributed by atoms with van der Waals surface area (Å²) in [5.74, 6) is 1.49. The summed E-state index contributed by atoms with van der Waals surface area (Å²) in [6, 6.07) is 20.2. The summed E-state index contributed by atoms with van der Waals surface area (Å²) in [6.45, 7) is 1.87. The van der Waals surface area contributed by atoms with Gasteiger partial charge in [-0.15, -0.1) is 5.10 Å². The lowest BCUT2D eigenvalue weighted by Gasteiger charge is -2.29. The van der Waals surface area contributed by atoms with Crippen LogP contribution in [0, 0.1) is 0 Å². The smallest absolute Gasteiger partial charge is 0.255 e. The molecule has 0 fully saturated rings. The topological polar surface area (TPSA) is 94.0 Å². The van der Waals surface area contributed by atoms with Gasteiger partial charge in [0.25, 0.3) is 5.91 Å². The van der Waals surface area contributed by atoms with Gasteiger partial charge in [0.2, 0.25) is 5.95 Å². The van der Waals surface area contributed by atoms with E-state index in [1.54, 1.807) is 24.2 Å². The minimum Gasteiger partial charge on any atom is -0.496 e. The van der Waals surface area contributed by atoms with E-state index >= 15 is 0 Å². The van der Waals surface area contributed by atoms with Gasteiger partial charge in [-0.3, -0.25) is 9.78 Å². The highest BCUT2D eigenvalue weighted by molar-refractivity contribution is 6.06. The molecule has 8 nitrogen and oxygen atoms in total. The van der Waals surface area contributed by atoms with E-state index in [1.807, 2.05) is 73.7 Å². The van der Waals surface area contributed by atoms with E-state index in [0.29, 0.717) is 34.5 Å². The number of allylic oxidation sites excluding steroid dienone is 1. The lowest BCUT2D eigenvalue weighted by Crippen LogP contribution is -2.31. The van der Waals surface area contributed by atoms with Gasteiger partial charge in [-0.05, 0) is 37.3 Å². The van der Waals surface area contributed by atoms with E-state index in [4.69, 9.17) is 9.84 Å². The van der Waals surface area contributed by atoms with Gasteiger partial charge < -0.3 is 15.4 Å². The van der Waals surface area contributed by atoms with Crippen molar-refractivity contribution in [3.63, 3.8) is 0 Å². The van der Waals surface area contributed by atoms with Gasteiger partial charge in [0.15, 0.2) is 5.82 Å². The van der Waals surface area contributed by atoms with Crippen LogP contribution in [0.3, 0.4) is 0 Å². The predicted molar refractivity (Wildman–Crippen MR) is 126 cm³/mol. The molecule has 33 heavy (non-hydrogen) atoms. The van der Waals surface area contributed by atoms with Crippen LogP contribution in [0.15, 0.2) is 90.4 Å². The van der Waals surface area contributed by atoms with E-state index < -0.39 is 6.04 Å². The van der Waals surface area contributed by atoms with Gasteiger partial charge in [-0.25, -0.2) is 4.68 Å². The third-order valence-electron chi connectivity index (χ3n) is 5.48. The molecule has 3 heterocycles. The van der Waals surface area contributed by atoms with E-state index in [1.165, 1.54) is 0 Å². The van der Waals surface area contributed by atoms with Crippen molar-refractivity contribution in [1.82, 2.24) is 19.7 Å². The van der Waals surface area contributed by atoms with Crippen LogP contribution in [0.4, 0.5) is 11.6 Å². The minimum atomic E-state index is -0.543. The monoisotopic (exact) mass is 438 g/mol. The number of aromatic nitrogens is 4. The Hall–Kier alpha value is -4.46. The largest absolute Gasteiger partial charge is 0.496 e. The number of fused-ring (bicyclic) bond motifs is 1. The van der Waals surface area contributed by atoms with Crippen LogP contribution in [0.5, 0.6) is 5.75 Å². The molecule has 1 aliphatic heterocycles. The zero-order valence-corrected chi connectivity index (χ0v) is 18.2. The first-order chi connectivity index (χ1) is 16.2. The van der Waals surface area contributed by atoms with Crippen LogP contribution in [-0.4, -0.2) is 32.8 Å². The van der Waals surface area contributed by atoms with Gasteiger partial charge in [0.1, 0.15) is 11.8 Å². The Morgan fingerprint density at radius 2 is 1.85 bits per heavy atom. The molecule has 1 amide bonds. The van der Waals surface area contributed by atoms with E-state index in [2.05, 4.69) is 20.6 Å². The van der Waals surface area contributed by atoms with Crippen LogP contribution < -0.4 is 15.4 Å². The summed E-state index contributed by atoms with van der Waals surface area (Å²) < 4.78 is 7.37. The number of nitrogens with zero attached hydrogens (tertiary/aromatic N) is 4. The highest BCUT2D eigenvalue weighted by Crippen LogP contribution is 2.40. The third kappa shape index (κ3) is 3.82. The first-order valence-electron chi connectivity index (χ1n) is 10.5. The normalized spacial score (nSPS) is 14.9. The summed E-state index contributed by atoms with van der Waals surface area (Å²) >= 11 is 0. The summed E-state index contributed by atoms with van der Waals surface area (Å²) in [7, 11) is 1.61. The Morgan fingerprint density at radius 3 is 2.61 bits per heavy atom. The highest BCUT2D eigenvalue weighted by Gasteiger charge is 2.36. The van der Waals surface area contributed by atoms with Gasteiger partial charge in [-0.2, -0.15) is 4.98 Å². The molecule has 0 saturated carbocycles. The number of amides is 1. The van der Waals surface area contributed by atoms with Crippen molar-refractivity contribution in [1.29, 1.82) is 0 Å². The van der Waals surface area contributed by atoms with Crippen molar-refractivity contribution in [2.45, 2.75) is 13.0 Å². The first kappa shape index (κ1) is 20.4. The number of para-hydroxylation sites is 2. The van der Waals surface area contributed by atoms with Gasteiger partial charge in [0.05, 0.1) is 12.7 Å². The molecule has 5 rings (SSSR count). The zero-order valence-electron chi connectivity index (χ0n) is 18.2. The molecule has 2 aromatic carbocycles. The van der Waals surface area contributed by atoms with Crippen molar-refractivity contribution < 1.29 is 9.53 Å². The van der Waals surface area contributed by atoms with E-state index in [0.717, 1.165) is 11.1 Å². The predicted octanol–water partition coefficient (Wildman–Crippen LogP) is 4.28. The number of hydrogen-bond acceptors (Lipinski definition) is 6. The number of ether oxygens (including phenoxy) is 1. The number of anilines is 2. The summed E-state index contributed by atoms with van der Waals surface area (Å²) in [5, 5.41) is 11.0. The first-order valence-corrected chi connectivity index (χ1v) is 10.5. The second-order valence-corrected chi connectivity index (χ2v) is 7.57. The second-order valence-electron chi connectivity index (χ2n) is 7.57. The fourth-order valence-corrected chi connectivity index (χ4v) is 3.96. The molecular weight excluding hydrogens is 416 g/mol. The molecule has 0 radical (unpaired) electrons. The van der Waals surface area contributed by atoms with Crippen LogP contribution in [-0.2, 0) is 4.79 Å². The van der Waals surface area contributed by atoms with Crippen LogP contribution in [0.1, 0.15) is 18.5 Å². The Bertz CT molecular complexity index is 1330. The van der Waals surface area contributed by atoms with Crippen molar-refractivity contribution in [3.8, 4) is 17.1 Å². The average molecular weight is 438 g/mol. The number of rotatable bonds is 5. The molecule has 4 aromatic rings. The maximum absolute atomic E-state index is 13.5. The lowest BCUT2D eigenvalue weighted by atomic mass is 9.94. The van der Waals surface area contributed by atoms with Crippen molar-refractivity contribution in [2.24, 2.45) is 0 Å². The van der Waals surface area contributed by atoms with Gasteiger partial charge in [0, 0.05) is 34.9 Å². The fourth-order valence-electron chi connectivity index (χ4n) is 3.96. The Balaban J connectivity index is 1.64. The van der Waals surface area contributed by atoms with Crippen LogP contribution in [0.25, 0.3) is 11.4 Å². The molecule has 164 valence electrons. The minimum absolute atomic E-state index is 0.230.